The Hall–Kier alpha value is -1.40. The number of amides is 1. The first-order chi connectivity index (χ1) is 8.06. The minimum atomic E-state index is -1.00. The zero-order valence-electron chi connectivity index (χ0n) is 8.98. The van der Waals surface area contributed by atoms with Crippen molar-refractivity contribution in [2.24, 2.45) is 0 Å². The van der Waals surface area contributed by atoms with Gasteiger partial charge >= 0.3 is 6.09 Å². The summed E-state index contributed by atoms with van der Waals surface area (Å²) >= 11 is 1.42. The summed E-state index contributed by atoms with van der Waals surface area (Å²) in [5, 5.41) is 27.6. The predicted octanol–water partition coefficient (Wildman–Crippen LogP) is 1.21. The van der Waals surface area contributed by atoms with E-state index in [0.717, 1.165) is 4.90 Å². The zero-order chi connectivity index (χ0) is 12.4. The molecule has 0 saturated carbocycles. The average Bonchev–Trinajstić information content (AvgIpc) is 2.64. The van der Waals surface area contributed by atoms with Crippen LogP contribution in [-0.2, 0) is 0 Å². The molecule has 0 bridgehead atoms. The van der Waals surface area contributed by atoms with Crippen LogP contribution in [0.15, 0.2) is 29.2 Å². The number of nitrogens with zero attached hydrogens (tertiary/aromatic N) is 1. The monoisotopic (exact) mass is 255 g/mol. The van der Waals surface area contributed by atoms with E-state index in [1.165, 1.54) is 16.7 Å². The fourth-order valence-electron chi connectivity index (χ4n) is 1.73. The van der Waals surface area contributed by atoms with E-state index in [-0.39, 0.29) is 17.5 Å². The Morgan fingerprint density at radius 3 is 2.47 bits per heavy atom. The number of rotatable bonds is 2. The lowest BCUT2D eigenvalue weighted by Gasteiger charge is -2.12. The van der Waals surface area contributed by atoms with Gasteiger partial charge in [0, 0.05) is 11.4 Å². The van der Waals surface area contributed by atoms with Gasteiger partial charge in [0.1, 0.15) is 5.75 Å². The molecule has 5 nitrogen and oxygen atoms in total. The van der Waals surface area contributed by atoms with Gasteiger partial charge in [-0.2, -0.15) is 0 Å². The summed E-state index contributed by atoms with van der Waals surface area (Å²) in [7, 11) is 0. The Bertz CT molecular complexity index is 408. The van der Waals surface area contributed by atoms with Crippen molar-refractivity contribution in [3.8, 4) is 5.75 Å². The van der Waals surface area contributed by atoms with Crippen molar-refractivity contribution < 1.29 is 20.1 Å². The van der Waals surface area contributed by atoms with Crippen molar-refractivity contribution in [1.82, 2.24) is 4.90 Å². The molecule has 1 aromatic rings. The number of benzene rings is 1. The molecular formula is C11H13NO4S. The minimum absolute atomic E-state index is 0.157. The predicted molar refractivity (Wildman–Crippen MR) is 63.4 cm³/mol. The van der Waals surface area contributed by atoms with Crippen LogP contribution in [0, 0.1) is 0 Å². The number of hydrogen-bond acceptors (Lipinski definition) is 4. The number of hydrogen-bond donors (Lipinski definition) is 3. The second-order valence-electron chi connectivity index (χ2n) is 3.91. The molecule has 92 valence electrons. The van der Waals surface area contributed by atoms with Crippen LogP contribution in [0.4, 0.5) is 4.79 Å². The van der Waals surface area contributed by atoms with Crippen LogP contribution < -0.4 is 0 Å². The van der Waals surface area contributed by atoms with Gasteiger partial charge in [-0.1, -0.05) is 0 Å². The highest BCUT2D eigenvalue weighted by Crippen LogP contribution is 2.30. The number of β-amino-alcohol motifs (C(OH)–C–C–N with tert-alkyl or cyclic N) is 1. The highest BCUT2D eigenvalue weighted by atomic mass is 32.2. The number of aliphatic hydroxyl groups is 1. The van der Waals surface area contributed by atoms with Gasteiger partial charge in [0.15, 0.2) is 0 Å². The molecule has 6 heteroatoms. The maximum atomic E-state index is 10.8. The molecule has 1 aliphatic rings. The zero-order valence-corrected chi connectivity index (χ0v) is 9.80. The van der Waals surface area contributed by atoms with Crippen molar-refractivity contribution in [3.05, 3.63) is 24.3 Å². The van der Waals surface area contributed by atoms with E-state index in [9.17, 15) is 9.90 Å². The third kappa shape index (κ3) is 2.83. The highest BCUT2D eigenvalue weighted by molar-refractivity contribution is 8.00. The number of carbonyl (C=O) groups is 1. The molecule has 0 radical (unpaired) electrons. The number of carboxylic acid groups (broad SMARTS) is 1. The van der Waals surface area contributed by atoms with E-state index in [1.807, 2.05) is 0 Å². The molecular weight excluding hydrogens is 242 g/mol. The molecule has 1 heterocycles. The van der Waals surface area contributed by atoms with Crippen LogP contribution in [0.3, 0.4) is 0 Å². The Morgan fingerprint density at radius 1 is 1.29 bits per heavy atom. The largest absolute Gasteiger partial charge is 0.508 e. The van der Waals surface area contributed by atoms with Crippen LogP contribution in [0.25, 0.3) is 0 Å². The lowest BCUT2D eigenvalue weighted by atomic mass is 10.3. The summed E-state index contributed by atoms with van der Waals surface area (Å²) in [6.45, 7) is 0.479. The van der Waals surface area contributed by atoms with E-state index < -0.39 is 12.2 Å². The molecule has 0 aliphatic carbocycles. The van der Waals surface area contributed by atoms with Crippen LogP contribution in [-0.4, -0.2) is 50.8 Å². The second kappa shape index (κ2) is 4.85. The third-order valence-electron chi connectivity index (χ3n) is 2.63. The van der Waals surface area contributed by atoms with Crippen molar-refractivity contribution in [3.63, 3.8) is 0 Å². The van der Waals surface area contributed by atoms with E-state index in [1.54, 1.807) is 24.3 Å². The highest BCUT2D eigenvalue weighted by Gasteiger charge is 2.34. The lowest BCUT2D eigenvalue weighted by Crippen LogP contribution is -2.27. The maximum Gasteiger partial charge on any atom is 0.407 e. The first-order valence-electron chi connectivity index (χ1n) is 5.18. The number of phenolic OH excluding ortho intramolecular Hbond substituents is 1. The first-order valence-corrected chi connectivity index (χ1v) is 6.06. The van der Waals surface area contributed by atoms with Gasteiger partial charge in [-0.25, -0.2) is 4.79 Å². The molecule has 2 atom stereocenters. The Labute approximate surface area is 103 Å². The number of thioether (sulfide) groups is 1. The SMILES string of the molecule is O=C(O)N1CC(O)C(Sc2ccc(O)cc2)C1. The topological polar surface area (TPSA) is 81.0 Å². The van der Waals surface area contributed by atoms with E-state index in [2.05, 4.69) is 0 Å². The molecule has 0 spiro atoms. The minimum Gasteiger partial charge on any atom is -0.508 e. The van der Waals surface area contributed by atoms with Gasteiger partial charge < -0.3 is 20.2 Å². The van der Waals surface area contributed by atoms with Crippen molar-refractivity contribution in [1.29, 1.82) is 0 Å². The van der Waals surface area contributed by atoms with Gasteiger partial charge in [0.2, 0.25) is 0 Å². The average molecular weight is 255 g/mol. The summed E-state index contributed by atoms with van der Waals surface area (Å²) in [4.78, 5) is 12.9. The van der Waals surface area contributed by atoms with Gasteiger partial charge in [-0.3, -0.25) is 0 Å². The van der Waals surface area contributed by atoms with Crippen LogP contribution in [0.1, 0.15) is 0 Å². The molecule has 1 amide bonds. The Kier molecular flexibility index (Phi) is 3.44. The van der Waals surface area contributed by atoms with Crippen molar-refractivity contribution in [2.45, 2.75) is 16.2 Å². The number of likely N-dealkylation sites (tertiary alicyclic amines) is 1. The number of phenols is 1. The van der Waals surface area contributed by atoms with Crippen LogP contribution in [0.2, 0.25) is 0 Å². The quantitative estimate of drug-likeness (QED) is 0.740. The number of aliphatic hydroxyl groups excluding tert-OH is 1. The summed E-state index contributed by atoms with van der Waals surface area (Å²) in [6.07, 6.45) is -1.65. The molecule has 3 N–H and O–H groups in total. The van der Waals surface area contributed by atoms with Gasteiger partial charge in [-0.15, -0.1) is 11.8 Å². The molecule has 0 aromatic heterocycles. The summed E-state index contributed by atoms with van der Waals surface area (Å²) in [5.41, 5.74) is 0. The maximum absolute atomic E-state index is 10.8. The van der Waals surface area contributed by atoms with E-state index in [0.29, 0.717) is 6.54 Å². The fourth-order valence-corrected chi connectivity index (χ4v) is 2.87. The Balaban J connectivity index is 2.00. The lowest BCUT2D eigenvalue weighted by molar-refractivity contribution is 0.140. The first kappa shape index (κ1) is 12.1. The number of aromatic hydroxyl groups is 1. The van der Waals surface area contributed by atoms with Gasteiger partial charge in [-0.05, 0) is 24.3 Å². The van der Waals surface area contributed by atoms with E-state index >= 15 is 0 Å². The molecule has 17 heavy (non-hydrogen) atoms. The van der Waals surface area contributed by atoms with Crippen molar-refractivity contribution >= 4 is 17.9 Å². The molecule has 2 unspecified atom stereocenters. The standard InChI is InChI=1S/C11H13NO4S/c13-7-1-3-8(4-2-7)17-10-6-12(11(15)16)5-9(10)14/h1-4,9-10,13-14H,5-6H2,(H,15,16). The fraction of sp³-hybridized carbons (Fsp3) is 0.364. The molecule has 1 fully saturated rings. The smallest absolute Gasteiger partial charge is 0.407 e. The van der Waals surface area contributed by atoms with Crippen LogP contribution >= 0.6 is 11.8 Å². The van der Waals surface area contributed by atoms with Gasteiger partial charge in [0.25, 0.3) is 0 Å². The van der Waals surface area contributed by atoms with Crippen molar-refractivity contribution in [2.75, 3.05) is 13.1 Å². The molecule has 1 aromatic carbocycles. The summed E-state index contributed by atoms with van der Waals surface area (Å²) in [6, 6.07) is 6.63. The van der Waals surface area contributed by atoms with Crippen LogP contribution in [0.5, 0.6) is 5.75 Å². The molecule has 2 rings (SSSR count). The summed E-state index contributed by atoms with van der Waals surface area (Å²) < 4.78 is 0. The van der Waals surface area contributed by atoms with Gasteiger partial charge in [0.05, 0.1) is 17.9 Å². The Morgan fingerprint density at radius 2 is 1.94 bits per heavy atom. The normalized spacial score (nSPS) is 23.9. The second-order valence-corrected chi connectivity index (χ2v) is 5.22. The summed E-state index contributed by atoms with van der Waals surface area (Å²) in [5.74, 6) is 0.188. The third-order valence-corrected chi connectivity index (χ3v) is 3.94. The van der Waals surface area contributed by atoms with E-state index in [4.69, 9.17) is 10.2 Å². The molecule has 1 aliphatic heterocycles. The molecule has 1 saturated heterocycles.